The van der Waals surface area contributed by atoms with Crippen molar-refractivity contribution in [3.63, 3.8) is 0 Å². The maximum Gasteiger partial charge on any atom is 0.240 e. The third kappa shape index (κ3) is 5.06. The van der Waals surface area contributed by atoms with Gasteiger partial charge in [0.25, 0.3) is 0 Å². The second-order valence-corrected chi connectivity index (χ2v) is 6.68. The number of likely N-dealkylation sites (tertiary alicyclic amines) is 1. The molecule has 1 aromatic carbocycles. The Morgan fingerprint density at radius 2 is 1.81 bits per heavy atom. The number of aromatic nitrogens is 1. The highest BCUT2D eigenvalue weighted by molar-refractivity contribution is 5.85. The average molecular weight is 367 g/mol. The normalized spacial score (nSPS) is 15.7. The SMILES string of the molecule is COc1ccc([C@H](NC(=O)CN2CCCCCC2=O)c2ccncc2)cc1. The maximum absolute atomic E-state index is 12.7. The number of nitrogens with one attached hydrogen (secondary N) is 1. The van der Waals surface area contributed by atoms with Crippen LogP contribution in [0.15, 0.2) is 48.8 Å². The van der Waals surface area contributed by atoms with Gasteiger partial charge in [-0.25, -0.2) is 0 Å². The topological polar surface area (TPSA) is 71.5 Å². The van der Waals surface area contributed by atoms with Gasteiger partial charge < -0.3 is 15.0 Å². The molecule has 1 aromatic heterocycles. The predicted octanol–water partition coefficient (Wildman–Crippen LogP) is 2.70. The molecule has 6 nitrogen and oxygen atoms in total. The van der Waals surface area contributed by atoms with Gasteiger partial charge >= 0.3 is 0 Å². The van der Waals surface area contributed by atoms with Crippen molar-refractivity contribution in [1.29, 1.82) is 0 Å². The molecule has 6 heteroatoms. The zero-order chi connectivity index (χ0) is 19.1. The lowest BCUT2D eigenvalue weighted by atomic mass is 9.99. The molecule has 0 unspecified atom stereocenters. The largest absolute Gasteiger partial charge is 0.497 e. The van der Waals surface area contributed by atoms with Gasteiger partial charge in [-0.3, -0.25) is 14.6 Å². The van der Waals surface area contributed by atoms with Crippen LogP contribution in [0.5, 0.6) is 5.75 Å². The number of benzene rings is 1. The lowest BCUT2D eigenvalue weighted by molar-refractivity contribution is -0.135. The van der Waals surface area contributed by atoms with Crippen molar-refractivity contribution in [3.8, 4) is 5.75 Å². The fourth-order valence-corrected chi connectivity index (χ4v) is 3.30. The fraction of sp³-hybridized carbons (Fsp3) is 0.381. The average Bonchev–Trinajstić information content (AvgIpc) is 2.91. The van der Waals surface area contributed by atoms with Crippen molar-refractivity contribution in [2.45, 2.75) is 31.7 Å². The van der Waals surface area contributed by atoms with Crippen molar-refractivity contribution in [2.24, 2.45) is 0 Å². The van der Waals surface area contributed by atoms with Gasteiger partial charge in [0.1, 0.15) is 5.75 Å². The molecule has 0 saturated carbocycles. The Kier molecular flexibility index (Phi) is 6.41. The minimum atomic E-state index is -0.312. The first-order valence-electron chi connectivity index (χ1n) is 9.28. The molecule has 0 radical (unpaired) electrons. The molecule has 2 amide bonds. The summed E-state index contributed by atoms with van der Waals surface area (Å²) in [4.78, 5) is 30.6. The van der Waals surface area contributed by atoms with Gasteiger partial charge in [-0.15, -0.1) is 0 Å². The van der Waals surface area contributed by atoms with E-state index in [1.807, 2.05) is 36.4 Å². The molecule has 1 atom stereocenters. The molecule has 27 heavy (non-hydrogen) atoms. The van der Waals surface area contributed by atoms with Crippen LogP contribution >= 0.6 is 0 Å². The van der Waals surface area contributed by atoms with Crippen LogP contribution in [-0.2, 0) is 9.59 Å². The van der Waals surface area contributed by atoms with Crippen molar-refractivity contribution < 1.29 is 14.3 Å². The summed E-state index contributed by atoms with van der Waals surface area (Å²) in [6.07, 6.45) is 6.83. The van der Waals surface area contributed by atoms with Crippen LogP contribution in [0, 0.1) is 0 Å². The van der Waals surface area contributed by atoms with Gasteiger partial charge in [0.05, 0.1) is 19.7 Å². The Hall–Kier alpha value is -2.89. The lowest BCUT2D eigenvalue weighted by Gasteiger charge is -2.24. The first-order chi connectivity index (χ1) is 13.2. The minimum Gasteiger partial charge on any atom is -0.497 e. The van der Waals surface area contributed by atoms with E-state index in [4.69, 9.17) is 4.74 Å². The van der Waals surface area contributed by atoms with Gasteiger partial charge in [0, 0.05) is 25.4 Å². The molecule has 2 heterocycles. The highest BCUT2D eigenvalue weighted by atomic mass is 16.5. The molecule has 2 aromatic rings. The van der Waals surface area contributed by atoms with Gasteiger partial charge in [-0.1, -0.05) is 18.6 Å². The van der Waals surface area contributed by atoms with E-state index in [0.29, 0.717) is 13.0 Å². The summed E-state index contributed by atoms with van der Waals surface area (Å²) in [5.41, 5.74) is 1.88. The van der Waals surface area contributed by atoms with E-state index in [9.17, 15) is 9.59 Å². The van der Waals surface area contributed by atoms with Crippen molar-refractivity contribution in [3.05, 3.63) is 59.9 Å². The van der Waals surface area contributed by atoms with E-state index in [1.54, 1.807) is 24.4 Å². The zero-order valence-corrected chi connectivity index (χ0v) is 15.6. The quantitative estimate of drug-likeness (QED) is 0.852. The number of carbonyl (C=O) groups is 2. The van der Waals surface area contributed by atoms with Gasteiger partial charge in [0.2, 0.25) is 11.8 Å². The number of nitrogens with zero attached hydrogens (tertiary/aromatic N) is 2. The fourth-order valence-electron chi connectivity index (χ4n) is 3.30. The molecule has 0 spiro atoms. The summed E-state index contributed by atoms with van der Waals surface area (Å²) < 4.78 is 5.22. The predicted molar refractivity (Wildman–Crippen MR) is 102 cm³/mol. The van der Waals surface area contributed by atoms with Crippen LogP contribution in [0.2, 0.25) is 0 Å². The highest BCUT2D eigenvalue weighted by Gasteiger charge is 2.22. The number of pyridine rings is 1. The van der Waals surface area contributed by atoms with Gasteiger partial charge in [-0.2, -0.15) is 0 Å². The van der Waals surface area contributed by atoms with E-state index >= 15 is 0 Å². The van der Waals surface area contributed by atoms with Crippen molar-refractivity contribution in [1.82, 2.24) is 15.2 Å². The molecule has 1 saturated heterocycles. The summed E-state index contributed by atoms with van der Waals surface area (Å²) in [5.74, 6) is 0.657. The van der Waals surface area contributed by atoms with Crippen LogP contribution in [0.4, 0.5) is 0 Å². The van der Waals surface area contributed by atoms with Gasteiger partial charge in [-0.05, 0) is 48.2 Å². The Bertz CT molecular complexity index is 762. The molecule has 1 aliphatic heterocycles. The molecule has 3 rings (SSSR count). The summed E-state index contributed by atoms with van der Waals surface area (Å²) in [5, 5.41) is 3.07. The Labute approximate surface area is 159 Å². The number of rotatable bonds is 6. The first kappa shape index (κ1) is 18.9. The van der Waals surface area contributed by atoms with E-state index in [-0.39, 0.29) is 24.4 Å². The Morgan fingerprint density at radius 3 is 2.52 bits per heavy atom. The number of carbonyl (C=O) groups excluding carboxylic acids is 2. The van der Waals surface area contributed by atoms with Crippen LogP contribution in [-0.4, -0.2) is 41.9 Å². The molecule has 142 valence electrons. The van der Waals surface area contributed by atoms with Crippen LogP contribution in [0.3, 0.4) is 0 Å². The third-order valence-electron chi connectivity index (χ3n) is 4.80. The Balaban J connectivity index is 1.76. The summed E-state index contributed by atoms with van der Waals surface area (Å²) in [7, 11) is 1.62. The summed E-state index contributed by atoms with van der Waals surface area (Å²) in [6, 6.07) is 11.1. The monoisotopic (exact) mass is 367 g/mol. The first-order valence-corrected chi connectivity index (χ1v) is 9.28. The van der Waals surface area contributed by atoms with E-state index in [0.717, 1.165) is 36.1 Å². The summed E-state index contributed by atoms with van der Waals surface area (Å²) >= 11 is 0. The molecule has 0 bridgehead atoms. The number of methoxy groups -OCH3 is 1. The summed E-state index contributed by atoms with van der Waals surface area (Å²) in [6.45, 7) is 0.741. The minimum absolute atomic E-state index is 0.0626. The second kappa shape index (κ2) is 9.16. The van der Waals surface area contributed by atoms with Crippen molar-refractivity contribution in [2.75, 3.05) is 20.2 Å². The zero-order valence-electron chi connectivity index (χ0n) is 15.6. The van der Waals surface area contributed by atoms with Crippen LogP contribution in [0.25, 0.3) is 0 Å². The van der Waals surface area contributed by atoms with Crippen molar-refractivity contribution >= 4 is 11.8 Å². The molecule has 0 aliphatic carbocycles. The standard InChI is InChI=1S/C21H25N3O3/c1-27-18-8-6-16(7-9-18)21(17-10-12-22-13-11-17)23-19(25)15-24-14-4-2-3-5-20(24)26/h6-13,21H,2-5,14-15H2,1H3,(H,23,25)/t21-/m0/s1. The second-order valence-electron chi connectivity index (χ2n) is 6.68. The van der Waals surface area contributed by atoms with E-state index < -0.39 is 0 Å². The molecular weight excluding hydrogens is 342 g/mol. The lowest BCUT2D eigenvalue weighted by Crippen LogP contribution is -2.41. The molecular formula is C21H25N3O3. The number of amides is 2. The smallest absolute Gasteiger partial charge is 0.240 e. The third-order valence-corrected chi connectivity index (χ3v) is 4.80. The number of hydrogen-bond donors (Lipinski definition) is 1. The van der Waals surface area contributed by atoms with E-state index in [2.05, 4.69) is 10.3 Å². The van der Waals surface area contributed by atoms with E-state index in [1.165, 1.54) is 0 Å². The van der Waals surface area contributed by atoms with Crippen LogP contribution in [0.1, 0.15) is 42.9 Å². The maximum atomic E-state index is 12.7. The molecule has 1 fully saturated rings. The van der Waals surface area contributed by atoms with Gasteiger partial charge in [0.15, 0.2) is 0 Å². The number of hydrogen-bond acceptors (Lipinski definition) is 4. The molecule has 1 N–H and O–H groups in total. The number of ether oxygens (including phenoxy) is 1. The highest BCUT2D eigenvalue weighted by Crippen LogP contribution is 2.24. The molecule has 1 aliphatic rings. The van der Waals surface area contributed by atoms with Crippen LogP contribution < -0.4 is 10.1 Å². The Morgan fingerprint density at radius 1 is 1.11 bits per heavy atom.